The molecule has 0 aromatic heterocycles. The Hall–Kier alpha value is -2.08. The summed E-state index contributed by atoms with van der Waals surface area (Å²) in [6.45, 7) is 0.402. The van der Waals surface area contributed by atoms with Gasteiger partial charge in [0.25, 0.3) is 0 Å². The molecule has 0 bridgehead atoms. The molecular weight excluding hydrogens is 294 g/mol. The molecule has 5 heteroatoms. The van der Waals surface area contributed by atoms with Gasteiger partial charge in [0.15, 0.2) is 6.79 Å². The zero-order valence-corrected chi connectivity index (χ0v) is 13.7. The Morgan fingerprint density at radius 2 is 1.65 bits per heavy atom. The van der Waals surface area contributed by atoms with Gasteiger partial charge in [0, 0.05) is 33.0 Å². The van der Waals surface area contributed by atoms with Gasteiger partial charge in [-0.2, -0.15) is 0 Å². The van der Waals surface area contributed by atoms with Crippen molar-refractivity contribution < 1.29 is 18.9 Å². The number of hydrogen-bond donors (Lipinski definition) is 1. The summed E-state index contributed by atoms with van der Waals surface area (Å²) in [5, 5.41) is 3.14. The van der Waals surface area contributed by atoms with Gasteiger partial charge in [-0.05, 0) is 23.3 Å². The van der Waals surface area contributed by atoms with Crippen molar-refractivity contribution in [3.8, 4) is 5.75 Å². The molecule has 0 aliphatic heterocycles. The molecule has 0 heterocycles. The first-order valence-corrected chi connectivity index (χ1v) is 7.38. The molecule has 0 saturated heterocycles. The Bertz CT molecular complexity index is 589. The Labute approximate surface area is 137 Å². The molecule has 2 aromatic carbocycles. The molecule has 0 aliphatic rings. The molecule has 1 N–H and O–H groups in total. The predicted molar refractivity (Wildman–Crippen MR) is 89.7 cm³/mol. The number of methoxy groups -OCH3 is 2. The zero-order valence-electron chi connectivity index (χ0n) is 13.7. The highest BCUT2D eigenvalue weighted by atomic mass is 16.7. The number of ether oxygens (including phenoxy) is 4. The van der Waals surface area contributed by atoms with Crippen LogP contribution in [0.25, 0.3) is 0 Å². The second-order valence-electron chi connectivity index (χ2n) is 4.96. The highest BCUT2D eigenvalue weighted by molar-refractivity contribution is 5.52. The zero-order chi connectivity index (χ0) is 16.5. The van der Waals surface area contributed by atoms with Gasteiger partial charge >= 0.3 is 0 Å². The second-order valence-corrected chi connectivity index (χ2v) is 4.96. The van der Waals surface area contributed by atoms with E-state index >= 15 is 0 Å². The lowest BCUT2D eigenvalue weighted by molar-refractivity contribution is -0.0592. The fourth-order valence-corrected chi connectivity index (χ4v) is 2.28. The number of rotatable bonds is 9. The minimum atomic E-state index is -0.241. The molecule has 0 fully saturated rings. The molecule has 0 radical (unpaired) electrons. The predicted octanol–water partition coefficient (Wildman–Crippen LogP) is 3.42. The fourth-order valence-electron chi connectivity index (χ4n) is 2.28. The summed E-state index contributed by atoms with van der Waals surface area (Å²) in [5.41, 5.74) is 2.97. The molecule has 1 atom stereocenters. The van der Waals surface area contributed by atoms with Gasteiger partial charge in [-0.15, -0.1) is 0 Å². The van der Waals surface area contributed by atoms with E-state index < -0.39 is 0 Å². The van der Waals surface area contributed by atoms with Gasteiger partial charge in [-0.25, -0.2) is 0 Å². The topological polar surface area (TPSA) is 49.0 Å². The third-order valence-electron chi connectivity index (χ3n) is 3.32. The molecule has 0 aliphatic carbocycles. The molecule has 2 aromatic rings. The maximum atomic E-state index is 5.89. The van der Waals surface area contributed by atoms with E-state index in [-0.39, 0.29) is 19.7 Å². The molecule has 124 valence electrons. The Balaban J connectivity index is 2.36. The lowest BCUT2D eigenvalue weighted by Crippen LogP contribution is -2.09. The molecule has 1 unspecified atom stereocenters. The Morgan fingerprint density at radius 3 is 2.30 bits per heavy atom. The molecule has 0 amide bonds. The van der Waals surface area contributed by atoms with Gasteiger partial charge in [0.2, 0.25) is 0 Å². The van der Waals surface area contributed by atoms with Crippen LogP contribution in [-0.2, 0) is 14.2 Å². The summed E-state index contributed by atoms with van der Waals surface area (Å²) in [6, 6.07) is 15.9. The van der Waals surface area contributed by atoms with E-state index in [1.165, 1.54) is 0 Å². The highest BCUT2D eigenvalue weighted by Crippen LogP contribution is 2.31. The number of nitrogens with one attached hydrogen (secondary N) is 1. The van der Waals surface area contributed by atoms with Crippen LogP contribution < -0.4 is 10.1 Å². The average molecular weight is 317 g/mol. The van der Waals surface area contributed by atoms with E-state index in [4.69, 9.17) is 18.9 Å². The standard InChI is InChI=1S/C18H23NO4/c1-19-16-9-15(10-17(11-16)22-12-20-2)18(23-13-21-3)14-7-5-4-6-8-14/h4-11,18-19H,12-13H2,1-3H3. The van der Waals surface area contributed by atoms with Crippen molar-refractivity contribution >= 4 is 5.69 Å². The van der Waals surface area contributed by atoms with Gasteiger partial charge in [-0.3, -0.25) is 0 Å². The maximum Gasteiger partial charge on any atom is 0.188 e. The summed E-state index contributed by atoms with van der Waals surface area (Å²) in [5.74, 6) is 0.718. The average Bonchev–Trinajstić information content (AvgIpc) is 2.61. The molecule has 0 saturated carbocycles. The monoisotopic (exact) mass is 317 g/mol. The van der Waals surface area contributed by atoms with Crippen molar-refractivity contribution in [1.82, 2.24) is 0 Å². The summed E-state index contributed by atoms with van der Waals surface area (Å²) in [6.07, 6.45) is -0.241. The summed E-state index contributed by atoms with van der Waals surface area (Å²) in [7, 11) is 5.07. The highest BCUT2D eigenvalue weighted by Gasteiger charge is 2.16. The van der Waals surface area contributed by atoms with Crippen molar-refractivity contribution in [2.75, 3.05) is 40.2 Å². The SMILES string of the molecule is CNc1cc(OCOC)cc(C(OCOC)c2ccccc2)c1. The third kappa shape index (κ3) is 4.96. The molecular formula is C18H23NO4. The van der Waals surface area contributed by atoms with Crippen molar-refractivity contribution in [2.45, 2.75) is 6.10 Å². The van der Waals surface area contributed by atoms with Crippen molar-refractivity contribution in [3.05, 3.63) is 59.7 Å². The number of hydrogen-bond acceptors (Lipinski definition) is 5. The third-order valence-corrected chi connectivity index (χ3v) is 3.32. The van der Waals surface area contributed by atoms with Crippen LogP contribution in [0.1, 0.15) is 17.2 Å². The van der Waals surface area contributed by atoms with E-state index in [0.717, 1.165) is 22.6 Å². The molecule has 0 spiro atoms. The summed E-state index contributed by atoms with van der Waals surface area (Å²) in [4.78, 5) is 0. The van der Waals surface area contributed by atoms with Crippen LogP contribution in [-0.4, -0.2) is 34.9 Å². The first kappa shape index (κ1) is 17.3. The van der Waals surface area contributed by atoms with Crippen molar-refractivity contribution in [1.29, 1.82) is 0 Å². The van der Waals surface area contributed by atoms with Crippen molar-refractivity contribution in [2.24, 2.45) is 0 Å². The Morgan fingerprint density at radius 1 is 0.913 bits per heavy atom. The van der Waals surface area contributed by atoms with E-state index in [0.29, 0.717) is 0 Å². The van der Waals surface area contributed by atoms with Crippen LogP contribution in [0.15, 0.2) is 48.5 Å². The number of anilines is 1. The van der Waals surface area contributed by atoms with E-state index in [9.17, 15) is 0 Å². The van der Waals surface area contributed by atoms with Gasteiger partial charge < -0.3 is 24.3 Å². The Kier molecular flexibility index (Phi) is 6.87. The van der Waals surface area contributed by atoms with E-state index in [1.54, 1.807) is 14.2 Å². The fraction of sp³-hybridized carbons (Fsp3) is 0.333. The van der Waals surface area contributed by atoms with Gasteiger partial charge in [-0.1, -0.05) is 30.3 Å². The summed E-state index contributed by atoms with van der Waals surface area (Å²) < 4.78 is 21.5. The second kappa shape index (κ2) is 9.15. The lowest BCUT2D eigenvalue weighted by Gasteiger charge is -2.20. The normalized spacial score (nSPS) is 12.0. The van der Waals surface area contributed by atoms with E-state index in [2.05, 4.69) is 5.32 Å². The largest absolute Gasteiger partial charge is 0.467 e. The first-order chi connectivity index (χ1) is 11.3. The van der Waals surface area contributed by atoms with Crippen LogP contribution >= 0.6 is 0 Å². The van der Waals surface area contributed by atoms with Crippen LogP contribution in [0.4, 0.5) is 5.69 Å². The number of benzene rings is 2. The molecule has 23 heavy (non-hydrogen) atoms. The van der Waals surface area contributed by atoms with Crippen LogP contribution in [0.5, 0.6) is 5.75 Å². The van der Waals surface area contributed by atoms with Crippen LogP contribution in [0.2, 0.25) is 0 Å². The molecule has 2 rings (SSSR count). The first-order valence-electron chi connectivity index (χ1n) is 7.38. The summed E-state index contributed by atoms with van der Waals surface area (Å²) >= 11 is 0. The van der Waals surface area contributed by atoms with Crippen LogP contribution in [0, 0.1) is 0 Å². The minimum Gasteiger partial charge on any atom is -0.467 e. The smallest absolute Gasteiger partial charge is 0.188 e. The van der Waals surface area contributed by atoms with Crippen LogP contribution in [0.3, 0.4) is 0 Å². The minimum absolute atomic E-state index is 0.196. The maximum absolute atomic E-state index is 5.89. The van der Waals surface area contributed by atoms with Crippen molar-refractivity contribution in [3.63, 3.8) is 0 Å². The van der Waals surface area contributed by atoms with Gasteiger partial charge in [0.05, 0.1) is 0 Å². The quantitative estimate of drug-likeness (QED) is 0.718. The van der Waals surface area contributed by atoms with E-state index in [1.807, 2.05) is 55.6 Å². The van der Waals surface area contributed by atoms with Gasteiger partial charge in [0.1, 0.15) is 18.6 Å². The molecule has 5 nitrogen and oxygen atoms in total. The lowest BCUT2D eigenvalue weighted by atomic mass is 10.0.